The molecule has 9 nitrogen and oxygen atoms in total. The summed E-state index contributed by atoms with van der Waals surface area (Å²) < 4.78 is 34.7. The first-order valence-electron chi connectivity index (χ1n) is 11.3. The molecule has 180 valence electrons. The Morgan fingerprint density at radius 1 is 1.06 bits per heavy atom. The normalized spacial score (nSPS) is 14.4. The summed E-state index contributed by atoms with van der Waals surface area (Å²) in [5.41, 5.74) is 1.82. The van der Waals surface area contributed by atoms with E-state index in [1.165, 1.54) is 10.4 Å². The summed E-state index contributed by atoms with van der Waals surface area (Å²) >= 11 is 0. The van der Waals surface area contributed by atoms with Crippen LogP contribution >= 0.6 is 0 Å². The van der Waals surface area contributed by atoms with E-state index >= 15 is 0 Å². The topological polar surface area (TPSA) is 96.8 Å². The van der Waals surface area contributed by atoms with Crippen molar-refractivity contribution in [1.82, 2.24) is 14.1 Å². The lowest BCUT2D eigenvalue weighted by atomic mass is 10.1. The van der Waals surface area contributed by atoms with Crippen LogP contribution in [0.3, 0.4) is 0 Å². The van der Waals surface area contributed by atoms with Crippen LogP contribution < -0.4 is 10.2 Å². The second-order valence-corrected chi connectivity index (χ2v) is 9.74. The highest BCUT2D eigenvalue weighted by molar-refractivity contribution is 7.89. The highest BCUT2D eigenvalue weighted by Gasteiger charge is 2.26. The first-order chi connectivity index (χ1) is 16.4. The van der Waals surface area contributed by atoms with Crippen molar-refractivity contribution in [3.8, 4) is 5.69 Å². The van der Waals surface area contributed by atoms with Gasteiger partial charge in [-0.3, -0.25) is 4.79 Å². The van der Waals surface area contributed by atoms with E-state index in [-0.39, 0.29) is 10.5 Å². The number of para-hydroxylation sites is 1. The molecule has 2 heterocycles. The molecule has 0 atom stereocenters. The van der Waals surface area contributed by atoms with Gasteiger partial charge in [-0.05, 0) is 30.3 Å². The Morgan fingerprint density at radius 2 is 1.76 bits per heavy atom. The highest BCUT2D eigenvalue weighted by Crippen LogP contribution is 2.27. The minimum atomic E-state index is -3.72. The van der Waals surface area contributed by atoms with Gasteiger partial charge >= 0.3 is 0 Å². The number of anilines is 2. The minimum absolute atomic E-state index is 0.0909. The lowest BCUT2D eigenvalue weighted by Crippen LogP contribution is -2.37. The maximum atomic E-state index is 13.4. The number of amides is 1. The maximum absolute atomic E-state index is 13.4. The van der Waals surface area contributed by atoms with Crippen LogP contribution in [0.25, 0.3) is 5.69 Å². The monoisotopic (exact) mass is 483 g/mol. The lowest BCUT2D eigenvalue weighted by molar-refractivity contribution is 0.102. The van der Waals surface area contributed by atoms with Crippen LogP contribution in [0, 0.1) is 0 Å². The zero-order valence-electron chi connectivity index (χ0n) is 19.3. The average molecular weight is 484 g/mol. The Labute approximate surface area is 200 Å². The molecule has 2 aromatic carbocycles. The van der Waals surface area contributed by atoms with E-state index in [1.807, 2.05) is 35.2 Å². The van der Waals surface area contributed by atoms with Gasteiger partial charge in [-0.2, -0.15) is 9.40 Å². The van der Waals surface area contributed by atoms with E-state index in [9.17, 15) is 13.2 Å². The van der Waals surface area contributed by atoms with Crippen molar-refractivity contribution in [3.63, 3.8) is 0 Å². The molecule has 1 aromatic heterocycles. The third-order valence-electron chi connectivity index (χ3n) is 5.76. The molecule has 1 aliphatic rings. The van der Waals surface area contributed by atoms with Gasteiger partial charge in [0, 0.05) is 44.1 Å². The van der Waals surface area contributed by atoms with Crippen LogP contribution in [0.15, 0.2) is 65.7 Å². The van der Waals surface area contributed by atoms with E-state index < -0.39 is 15.9 Å². The number of ether oxygens (including phenoxy) is 1. The number of aromatic nitrogens is 2. The third kappa shape index (κ3) is 4.98. The average Bonchev–Trinajstić information content (AvgIpc) is 3.34. The molecule has 0 aliphatic carbocycles. The number of carbonyl (C=O) groups excluding carboxylic acids is 1. The van der Waals surface area contributed by atoms with Crippen molar-refractivity contribution >= 4 is 27.4 Å². The minimum Gasteiger partial charge on any atom is -0.378 e. The standard InChI is InChI=1S/C24H29N5O4S/c1-3-28(4-2)34(31,32)20-10-11-22(27-14-16-33-17-15-27)21(18-20)24(30)25-23-12-13-29(26-23)19-8-6-5-7-9-19/h5-13,18H,3-4,14-17H2,1-2H3,(H,25,26,30). The van der Waals surface area contributed by atoms with Gasteiger partial charge in [-0.15, -0.1) is 0 Å². The first-order valence-corrected chi connectivity index (χ1v) is 12.8. The summed E-state index contributed by atoms with van der Waals surface area (Å²) in [6.45, 7) is 6.60. The predicted molar refractivity (Wildman–Crippen MR) is 131 cm³/mol. The van der Waals surface area contributed by atoms with Gasteiger partial charge in [0.15, 0.2) is 5.82 Å². The van der Waals surface area contributed by atoms with Crippen molar-refractivity contribution in [2.24, 2.45) is 0 Å². The number of nitrogens with zero attached hydrogens (tertiary/aromatic N) is 4. The van der Waals surface area contributed by atoms with Crippen LogP contribution in [-0.2, 0) is 14.8 Å². The smallest absolute Gasteiger partial charge is 0.259 e. The first kappa shape index (κ1) is 23.9. The number of hydrogen-bond acceptors (Lipinski definition) is 6. The molecule has 0 bridgehead atoms. The molecule has 1 fully saturated rings. The number of carbonyl (C=O) groups is 1. The number of nitrogens with one attached hydrogen (secondary N) is 1. The third-order valence-corrected chi connectivity index (χ3v) is 7.80. The van der Waals surface area contributed by atoms with Crippen LogP contribution in [0.5, 0.6) is 0 Å². The van der Waals surface area contributed by atoms with Gasteiger partial charge in [0.25, 0.3) is 5.91 Å². The Balaban J connectivity index is 1.67. The summed E-state index contributed by atoms with van der Waals surface area (Å²) in [7, 11) is -3.72. The van der Waals surface area contributed by atoms with Crippen molar-refractivity contribution < 1.29 is 17.9 Å². The SMILES string of the molecule is CCN(CC)S(=O)(=O)c1ccc(N2CCOCC2)c(C(=O)Nc2ccn(-c3ccccc3)n2)c1. The van der Waals surface area contributed by atoms with Crippen LogP contribution in [0.2, 0.25) is 0 Å². The number of benzene rings is 2. The largest absolute Gasteiger partial charge is 0.378 e. The molecule has 1 N–H and O–H groups in total. The Morgan fingerprint density at radius 3 is 2.44 bits per heavy atom. The number of sulfonamides is 1. The molecule has 0 radical (unpaired) electrons. The van der Waals surface area contributed by atoms with Crippen LogP contribution in [-0.4, -0.2) is 67.8 Å². The van der Waals surface area contributed by atoms with E-state index in [1.54, 1.807) is 42.9 Å². The molecule has 0 saturated carbocycles. The highest BCUT2D eigenvalue weighted by atomic mass is 32.2. The molecule has 0 unspecified atom stereocenters. The van der Waals surface area contributed by atoms with Crippen molar-refractivity contribution in [2.45, 2.75) is 18.7 Å². The molecular weight excluding hydrogens is 454 g/mol. The summed E-state index contributed by atoms with van der Waals surface area (Å²) in [5, 5.41) is 7.27. The van der Waals surface area contributed by atoms with Gasteiger partial charge in [0.05, 0.1) is 29.4 Å². The molecule has 1 aliphatic heterocycles. The fourth-order valence-electron chi connectivity index (χ4n) is 3.95. The molecule has 1 saturated heterocycles. The van der Waals surface area contributed by atoms with E-state index in [4.69, 9.17) is 4.74 Å². The fourth-order valence-corrected chi connectivity index (χ4v) is 5.43. The van der Waals surface area contributed by atoms with Gasteiger partial charge in [-0.1, -0.05) is 32.0 Å². The van der Waals surface area contributed by atoms with E-state index in [0.29, 0.717) is 50.9 Å². The zero-order chi connectivity index (χ0) is 24.1. The number of morpholine rings is 1. The Bertz CT molecular complexity index is 1230. The van der Waals surface area contributed by atoms with Gasteiger partial charge in [0.1, 0.15) is 0 Å². The van der Waals surface area contributed by atoms with Crippen molar-refractivity contribution in [1.29, 1.82) is 0 Å². The van der Waals surface area contributed by atoms with Crippen LogP contribution in [0.1, 0.15) is 24.2 Å². The second kappa shape index (κ2) is 10.4. The zero-order valence-corrected chi connectivity index (χ0v) is 20.2. The second-order valence-electron chi connectivity index (χ2n) is 7.80. The van der Waals surface area contributed by atoms with E-state index in [0.717, 1.165) is 5.69 Å². The predicted octanol–water partition coefficient (Wildman–Crippen LogP) is 2.99. The molecule has 4 rings (SSSR count). The fraction of sp³-hybridized carbons (Fsp3) is 0.333. The van der Waals surface area contributed by atoms with Crippen LogP contribution in [0.4, 0.5) is 11.5 Å². The van der Waals surface area contributed by atoms with E-state index in [2.05, 4.69) is 10.4 Å². The number of hydrogen-bond donors (Lipinski definition) is 1. The summed E-state index contributed by atoms with van der Waals surface area (Å²) in [6, 6.07) is 16.0. The van der Waals surface area contributed by atoms with Gasteiger partial charge < -0.3 is 15.0 Å². The quantitative estimate of drug-likeness (QED) is 0.529. The summed E-state index contributed by atoms with van der Waals surface area (Å²) in [6.07, 6.45) is 1.76. The van der Waals surface area contributed by atoms with Gasteiger partial charge in [0.2, 0.25) is 10.0 Å². The lowest BCUT2D eigenvalue weighted by Gasteiger charge is -2.30. The summed E-state index contributed by atoms with van der Waals surface area (Å²) in [4.78, 5) is 15.5. The summed E-state index contributed by atoms with van der Waals surface area (Å²) in [5.74, 6) is -0.0461. The number of rotatable bonds is 8. The molecular formula is C24H29N5O4S. The molecule has 0 spiro atoms. The van der Waals surface area contributed by atoms with Gasteiger partial charge in [-0.25, -0.2) is 13.1 Å². The molecule has 1 amide bonds. The Kier molecular flexibility index (Phi) is 7.30. The maximum Gasteiger partial charge on any atom is 0.259 e. The Hall–Kier alpha value is -3.21. The molecule has 34 heavy (non-hydrogen) atoms. The van der Waals surface area contributed by atoms with Crippen molar-refractivity contribution in [3.05, 3.63) is 66.4 Å². The molecule has 3 aromatic rings. The molecule has 10 heteroatoms. The van der Waals surface area contributed by atoms with Crippen molar-refractivity contribution in [2.75, 3.05) is 49.6 Å².